The lowest BCUT2D eigenvalue weighted by Gasteiger charge is -2.09. The summed E-state index contributed by atoms with van der Waals surface area (Å²) in [6.45, 7) is 6.04. The molecule has 0 unspecified atom stereocenters. The first kappa shape index (κ1) is 18.3. The van der Waals surface area contributed by atoms with E-state index in [9.17, 15) is 9.59 Å². The number of hydrogen-bond acceptors (Lipinski definition) is 4. The number of aromatic amines is 1. The van der Waals surface area contributed by atoms with Gasteiger partial charge in [0.2, 0.25) is 5.91 Å². The molecule has 5 nitrogen and oxygen atoms in total. The third-order valence-electron chi connectivity index (χ3n) is 3.57. The highest BCUT2D eigenvalue weighted by molar-refractivity contribution is 7.99. The molecule has 0 aliphatic heterocycles. The van der Waals surface area contributed by atoms with Crippen molar-refractivity contribution in [3.8, 4) is 0 Å². The molecule has 0 aliphatic rings. The number of carbonyl (C=O) groups excluding carboxylic acids is 1. The number of nitrogens with zero attached hydrogens (tertiary/aromatic N) is 1. The number of aromatic nitrogens is 2. The van der Waals surface area contributed by atoms with Crippen LogP contribution in [0.4, 0.5) is 5.69 Å². The summed E-state index contributed by atoms with van der Waals surface area (Å²) < 4.78 is 0. The van der Waals surface area contributed by atoms with Crippen molar-refractivity contribution in [2.45, 2.75) is 45.2 Å². The predicted octanol–water partition coefficient (Wildman–Crippen LogP) is 3.46. The van der Waals surface area contributed by atoms with Gasteiger partial charge in [-0.3, -0.25) is 9.59 Å². The minimum atomic E-state index is -0.173. The van der Waals surface area contributed by atoms with Crippen LogP contribution in [0.15, 0.2) is 34.2 Å². The van der Waals surface area contributed by atoms with Crippen LogP contribution < -0.4 is 10.9 Å². The number of benzene rings is 1. The number of carbonyl (C=O) groups is 1. The summed E-state index contributed by atoms with van der Waals surface area (Å²) in [5.74, 6) is 0.0865. The molecule has 0 saturated carbocycles. The van der Waals surface area contributed by atoms with Crippen LogP contribution in [-0.4, -0.2) is 21.6 Å². The number of thioether (sulfide) groups is 1. The second-order valence-electron chi connectivity index (χ2n) is 5.80. The molecule has 0 spiro atoms. The molecule has 1 aromatic carbocycles. The molecule has 2 rings (SSSR count). The lowest BCUT2D eigenvalue weighted by molar-refractivity contribution is -0.113. The highest BCUT2D eigenvalue weighted by atomic mass is 32.2. The maximum atomic E-state index is 12.1. The van der Waals surface area contributed by atoms with E-state index in [1.807, 2.05) is 32.0 Å². The lowest BCUT2D eigenvalue weighted by atomic mass is 10.1. The molecule has 0 saturated heterocycles. The van der Waals surface area contributed by atoms with Gasteiger partial charge in [0.15, 0.2) is 5.16 Å². The summed E-state index contributed by atoms with van der Waals surface area (Å²) in [5.41, 5.74) is 3.54. The van der Waals surface area contributed by atoms with Gasteiger partial charge < -0.3 is 10.3 Å². The molecular weight excluding hydrogens is 322 g/mol. The first-order chi connectivity index (χ1) is 11.5. The highest BCUT2D eigenvalue weighted by Crippen LogP contribution is 2.18. The van der Waals surface area contributed by atoms with Gasteiger partial charge in [-0.2, -0.15) is 0 Å². The Morgan fingerprint density at radius 1 is 1.29 bits per heavy atom. The Morgan fingerprint density at radius 2 is 2.08 bits per heavy atom. The fourth-order valence-electron chi connectivity index (χ4n) is 2.23. The van der Waals surface area contributed by atoms with Gasteiger partial charge in [-0.05, 0) is 43.9 Å². The Kier molecular flexibility index (Phi) is 6.61. The molecule has 0 radical (unpaired) electrons. The summed E-state index contributed by atoms with van der Waals surface area (Å²) in [4.78, 5) is 30.9. The standard InChI is InChI=1S/C18H23N3O2S/c1-4-5-6-14-10-16(22)21-18(19-14)24-11-17(23)20-15-9-12(2)7-8-13(15)3/h7-10H,4-6,11H2,1-3H3,(H,20,23)(H,19,21,22). The lowest BCUT2D eigenvalue weighted by Crippen LogP contribution is -2.16. The average molecular weight is 345 g/mol. The van der Waals surface area contributed by atoms with Crippen LogP contribution in [-0.2, 0) is 11.2 Å². The topological polar surface area (TPSA) is 74.8 Å². The van der Waals surface area contributed by atoms with E-state index >= 15 is 0 Å². The van der Waals surface area contributed by atoms with Crippen LogP contribution in [0.5, 0.6) is 0 Å². The second-order valence-corrected chi connectivity index (χ2v) is 6.76. The molecule has 128 valence electrons. The number of nitrogens with one attached hydrogen (secondary N) is 2. The van der Waals surface area contributed by atoms with Gasteiger partial charge in [-0.25, -0.2) is 4.98 Å². The summed E-state index contributed by atoms with van der Waals surface area (Å²) in [7, 11) is 0. The van der Waals surface area contributed by atoms with E-state index in [0.29, 0.717) is 5.16 Å². The Bertz CT molecular complexity index is 771. The quantitative estimate of drug-likeness (QED) is 0.595. The van der Waals surface area contributed by atoms with E-state index in [1.54, 1.807) is 0 Å². The molecule has 1 amide bonds. The number of anilines is 1. The fraction of sp³-hybridized carbons (Fsp3) is 0.389. The molecule has 6 heteroatoms. The Balaban J connectivity index is 1.97. The third kappa shape index (κ3) is 5.53. The van der Waals surface area contributed by atoms with Gasteiger partial charge in [-0.1, -0.05) is 37.2 Å². The van der Waals surface area contributed by atoms with E-state index in [-0.39, 0.29) is 17.2 Å². The number of aryl methyl sites for hydroxylation is 3. The molecule has 0 atom stereocenters. The molecule has 2 N–H and O–H groups in total. The van der Waals surface area contributed by atoms with Crippen LogP contribution in [0.2, 0.25) is 0 Å². The SMILES string of the molecule is CCCCc1cc(=O)[nH]c(SCC(=O)Nc2cc(C)ccc2C)n1. The van der Waals surface area contributed by atoms with Crippen molar-refractivity contribution >= 4 is 23.4 Å². The Hall–Kier alpha value is -2.08. The van der Waals surface area contributed by atoms with Crippen LogP contribution >= 0.6 is 11.8 Å². The molecule has 1 heterocycles. The summed E-state index contributed by atoms with van der Waals surface area (Å²) >= 11 is 1.24. The number of H-pyrrole nitrogens is 1. The molecule has 0 bridgehead atoms. The van der Waals surface area contributed by atoms with Crippen LogP contribution in [0.25, 0.3) is 0 Å². The van der Waals surface area contributed by atoms with Gasteiger partial charge in [0, 0.05) is 17.4 Å². The molecular formula is C18H23N3O2S. The van der Waals surface area contributed by atoms with Crippen molar-refractivity contribution in [2.75, 3.05) is 11.1 Å². The second kappa shape index (κ2) is 8.68. The van der Waals surface area contributed by atoms with E-state index in [1.165, 1.54) is 17.8 Å². The summed E-state index contributed by atoms with van der Waals surface area (Å²) in [6, 6.07) is 7.46. The molecule has 0 fully saturated rings. The fourth-order valence-corrected chi connectivity index (χ4v) is 2.92. The zero-order valence-electron chi connectivity index (χ0n) is 14.3. The third-order valence-corrected chi connectivity index (χ3v) is 4.44. The van der Waals surface area contributed by atoms with Gasteiger partial charge in [0.1, 0.15) is 0 Å². The van der Waals surface area contributed by atoms with Gasteiger partial charge in [-0.15, -0.1) is 0 Å². The molecule has 1 aromatic heterocycles. The van der Waals surface area contributed by atoms with Crippen molar-refractivity contribution in [3.05, 3.63) is 51.4 Å². The van der Waals surface area contributed by atoms with Crippen molar-refractivity contribution in [3.63, 3.8) is 0 Å². The zero-order valence-corrected chi connectivity index (χ0v) is 15.1. The summed E-state index contributed by atoms with van der Waals surface area (Å²) in [5, 5.41) is 3.40. The smallest absolute Gasteiger partial charge is 0.251 e. The van der Waals surface area contributed by atoms with Gasteiger partial charge in [0.25, 0.3) is 5.56 Å². The van der Waals surface area contributed by atoms with Crippen molar-refractivity contribution in [1.82, 2.24) is 9.97 Å². The van der Waals surface area contributed by atoms with Crippen LogP contribution in [0.3, 0.4) is 0 Å². The molecule has 0 aliphatic carbocycles. The zero-order chi connectivity index (χ0) is 17.5. The van der Waals surface area contributed by atoms with Crippen molar-refractivity contribution in [2.24, 2.45) is 0 Å². The number of unbranched alkanes of at least 4 members (excludes halogenated alkanes) is 1. The van der Waals surface area contributed by atoms with Gasteiger partial charge >= 0.3 is 0 Å². The normalized spacial score (nSPS) is 10.6. The van der Waals surface area contributed by atoms with Gasteiger partial charge in [0.05, 0.1) is 5.75 Å². The molecule has 2 aromatic rings. The Labute approximate surface area is 146 Å². The van der Waals surface area contributed by atoms with E-state index in [4.69, 9.17) is 0 Å². The minimum absolute atomic E-state index is 0.115. The maximum absolute atomic E-state index is 12.1. The number of rotatable bonds is 7. The van der Waals surface area contributed by atoms with E-state index in [0.717, 1.165) is 41.8 Å². The minimum Gasteiger partial charge on any atom is -0.325 e. The van der Waals surface area contributed by atoms with Crippen molar-refractivity contribution < 1.29 is 4.79 Å². The van der Waals surface area contributed by atoms with E-state index in [2.05, 4.69) is 22.2 Å². The largest absolute Gasteiger partial charge is 0.325 e. The monoisotopic (exact) mass is 345 g/mol. The number of hydrogen-bond donors (Lipinski definition) is 2. The Morgan fingerprint density at radius 3 is 2.83 bits per heavy atom. The van der Waals surface area contributed by atoms with Crippen LogP contribution in [0, 0.1) is 13.8 Å². The average Bonchev–Trinajstić information content (AvgIpc) is 2.54. The van der Waals surface area contributed by atoms with Crippen LogP contribution in [0.1, 0.15) is 36.6 Å². The van der Waals surface area contributed by atoms with E-state index < -0.39 is 0 Å². The highest BCUT2D eigenvalue weighted by Gasteiger charge is 2.08. The maximum Gasteiger partial charge on any atom is 0.251 e. The van der Waals surface area contributed by atoms with Crippen molar-refractivity contribution in [1.29, 1.82) is 0 Å². The predicted molar refractivity (Wildman–Crippen MR) is 98.7 cm³/mol. The summed E-state index contributed by atoms with van der Waals surface area (Å²) in [6.07, 6.45) is 2.82. The number of amides is 1. The molecule has 24 heavy (non-hydrogen) atoms. The first-order valence-corrected chi connectivity index (χ1v) is 9.06. The first-order valence-electron chi connectivity index (χ1n) is 8.08.